The third kappa shape index (κ3) is 4.11. The van der Waals surface area contributed by atoms with E-state index in [0.717, 1.165) is 22.6 Å². The number of fused-ring (bicyclic) bond motifs is 3. The molecule has 0 fully saturated rings. The van der Waals surface area contributed by atoms with Gasteiger partial charge in [0.15, 0.2) is 0 Å². The minimum absolute atomic E-state index is 0.873. The van der Waals surface area contributed by atoms with Crippen molar-refractivity contribution in [3.05, 3.63) is 158 Å². The van der Waals surface area contributed by atoms with Gasteiger partial charge in [-0.25, -0.2) is 0 Å². The standard InChI is InChI=1S/C42H26OS/c1-2-9-32-29(7-1)8-5-11-33(32)30-19-15-27(16-20-30)28-17-21-31(22-18-28)38-24-25-39(43-38)34-23-26-41-42-36(34)12-6-13-37(42)35-10-3-4-14-40(35)44-41/h1-26H. The van der Waals surface area contributed by atoms with E-state index in [0.29, 0.717) is 0 Å². The second-order valence-electron chi connectivity index (χ2n) is 11.3. The molecule has 7 aromatic carbocycles. The van der Waals surface area contributed by atoms with Gasteiger partial charge in [-0.3, -0.25) is 0 Å². The minimum atomic E-state index is 0.873. The molecule has 206 valence electrons. The SMILES string of the molecule is c1ccc2c(c1)Sc1ccc(-c3ccc(-c4ccc(-c5ccc(-c6cccc7ccccc67)cc5)cc4)o3)c3cccc-2c13. The highest BCUT2D eigenvalue weighted by atomic mass is 32.2. The van der Waals surface area contributed by atoms with Crippen LogP contribution < -0.4 is 0 Å². The topological polar surface area (TPSA) is 13.1 Å². The summed E-state index contributed by atoms with van der Waals surface area (Å²) < 4.78 is 6.50. The third-order valence-corrected chi connectivity index (χ3v) is 9.90. The van der Waals surface area contributed by atoms with E-state index in [2.05, 4.69) is 158 Å². The highest BCUT2D eigenvalue weighted by Gasteiger charge is 2.21. The Morgan fingerprint density at radius 2 is 0.955 bits per heavy atom. The molecule has 8 aromatic rings. The van der Waals surface area contributed by atoms with Crippen LogP contribution in [0, 0.1) is 0 Å². The lowest BCUT2D eigenvalue weighted by Crippen LogP contribution is -1.93. The molecule has 0 bridgehead atoms. The van der Waals surface area contributed by atoms with Crippen LogP contribution >= 0.6 is 11.8 Å². The van der Waals surface area contributed by atoms with Crippen LogP contribution in [0.2, 0.25) is 0 Å². The monoisotopic (exact) mass is 578 g/mol. The van der Waals surface area contributed by atoms with E-state index in [1.165, 1.54) is 64.7 Å². The van der Waals surface area contributed by atoms with Crippen molar-refractivity contribution in [1.82, 2.24) is 0 Å². The maximum atomic E-state index is 6.50. The Bertz CT molecular complexity index is 2340. The van der Waals surface area contributed by atoms with Crippen molar-refractivity contribution in [3.8, 4) is 56.0 Å². The maximum absolute atomic E-state index is 6.50. The first-order valence-corrected chi connectivity index (χ1v) is 15.7. The number of hydrogen-bond donors (Lipinski definition) is 0. The molecule has 0 unspecified atom stereocenters. The smallest absolute Gasteiger partial charge is 0.135 e. The molecule has 0 atom stereocenters. The van der Waals surface area contributed by atoms with Crippen molar-refractivity contribution in [2.24, 2.45) is 0 Å². The van der Waals surface area contributed by atoms with Gasteiger partial charge in [0.05, 0.1) is 0 Å². The molecule has 0 amide bonds. The van der Waals surface area contributed by atoms with Crippen LogP contribution in [0.4, 0.5) is 0 Å². The lowest BCUT2D eigenvalue weighted by molar-refractivity contribution is 0.598. The number of furan rings is 1. The van der Waals surface area contributed by atoms with Crippen LogP contribution in [0.1, 0.15) is 0 Å². The van der Waals surface area contributed by atoms with E-state index < -0.39 is 0 Å². The predicted octanol–water partition coefficient (Wildman–Crippen LogP) is 12.4. The Hall–Kier alpha value is -5.31. The Morgan fingerprint density at radius 1 is 0.341 bits per heavy atom. The first-order valence-electron chi connectivity index (χ1n) is 14.9. The van der Waals surface area contributed by atoms with Crippen LogP contribution in [-0.4, -0.2) is 0 Å². The highest BCUT2D eigenvalue weighted by molar-refractivity contribution is 7.99. The van der Waals surface area contributed by atoms with Gasteiger partial charge in [0.1, 0.15) is 11.5 Å². The number of benzene rings is 7. The van der Waals surface area contributed by atoms with Crippen LogP contribution in [-0.2, 0) is 0 Å². The fourth-order valence-electron chi connectivity index (χ4n) is 6.58. The largest absolute Gasteiger partial charge is 0.456 e. The molecule has 9 rings (SSSR count). The molecule has 1 aromatic heterocycles. The average molecular weight is 579 g/mol. The van der Waals surface area contributed by atoms with Gasteiger partial charge in [-0.15, -0.1) is 0 Å². The molecule has 2 heteroatoms. The van der Waals surface area contributed by atoms with Crippen molar-refractivity contribution >= 4 is 33.3 Å². The predicted molar refractivity (Wildman–Crippen MR) is 185 cm³/mol. The molecule has 0 radical (unpaired) electrons. The summed E-state index contributed by atoms with van der Waals surface area (Å²) in [6.45, 7) is 0. The molecule has 0 spiro atoms. The molecule has 0 saturated heterocycles. The van der Waals surface area contributed by atoms with E-state index in [1.54, 1.807) is 0 Å². The quantitative estimate of drug-likeness (QED) is 0.206. The van der Waals surface area contributed by atoms with Gasteiger partial charge in [0.2, 0.25) is 0 Å². The summed E-state index contributed by atoms with van der Waals surface area (Å²) >= 11 is 1.85. The summed E-state index contributed by atoms with van der Waals surface area (Å²) in [6.07, 6.45) is 0. The summed E-state index contributed by atoms with van der Waals surface area (Å²) in [5.74, 6) is 1.76. The Kier molecular flexibility index (Phi) is 5.82. The molecule has 2 heterocycles. The second kappa shape index (κ2) is 10.2. The van der Waals surface area contributed by atoms with E-state index in [-0.39, 0.29) is 0 Å². The zero-order chi connectivity index (χ0) is 29.0. The van der Waals surface area contributed by atoms with Crippen molar-refractivity contribution in [3.63, 3.8) is 0 Å². The Morgan fingerprint density at radius 3 is 1.82 bits per heavy atom. The van der Waals surface area contributed by atoms with Crippen molar-refractivity contribution < 1.29 is 4.42 Å². The van der Waals surface area contributed by atoms with Crippen LogP contribution in [0.25, 0.3) is 77.6 Å². The van der Waals surface area contributed by atoms with Gasteiger partial charge in [0, 0.05) is 26.3 Å². The Balaban J connectivity index is 1.01. The Labute approximate surface area is 260 Å². The van der Waals surface area contributed by atoms with E-state index >= 15 is 0 Å². The fraction of sp³-hybridized carbons (Fsp3) is 0. The van der Waals surface area contributed by atoms with Crippen LogP contribution in [0.15, 0.2) is 172 Å². The summed E-state index contributed by atoms with van der Waals surface area (Å²) in [4.78, 5) is 2.61. The molecular formula is C42H26OS. The van der Waals surface area contributed by atoms with Crippen molar-refractivity contribution in [1.29, 1.82) is 0 Å². The van der Waals surface area contributed by atoms with Gasteiger partial charge < -0.3 is 4.42 Å². The maximum Gasteiger partial charge on any atom is 0.135 e. The molecule has 0 aliphatic carbocycles. The minimum Gasteiger partial charge on any atom is -0.456 e. The zero-order valence-corrected chi connectivity index (χ0v) is 24.6. The molecular weight excluding hydrogens is 553 g/mol. The van der Waals surface area contributed by atoms with Gasteiger partial charge >= 0.3 is 0 Å². The van der Waals surface area contributed by atoms with Crippen molar-refractivity contribution in [2.45, 2.75) is 9.79 Å². The molecule has 1 nitrogen and oxygen atoms in total. The second-order valence-corrected chi connectivity index (χ2v) is 12.4. The fourth-order valence-corrected chi connectivity index (χ4v) is 7.71. The van der Waals surface area contributed by atoms with E-state index in [9.17, 15) is 0 Å². The molecule has 0 N–H and O–H groups in total. The van der Waals surface area contributed by atoms with Crippen LogP contribution in [0.3, 0.4) is 0 Å². The summed E-state index contributed by atoms with van der Waals surface area (Å²) in [7, 11) is 0. The normalized spacial score (nSPS) is 12.0. The first-order chi connectivity index (χ1) is 21.8. The van der Waals surface area contributed by atoms with E-state index in [4.69, 9.17) is 4.42 Å². The first kappa shape index (κ1) is 25.2. The zero-order valence-electron chi connectivity index (χ0n) is 23.8. The number of hydrogen-bond acceptors (Lipinski definition) is 2. The van der Waals surface area contributed by atoms with Gasteiger partial charge in [-0.1, -0.05) is 139 Å². The van der Waals surface area contributed by atoms with Crippen LogP contribution in [0.5, 0.6) is 0 Å². The highest BCUT2D eigenvalue weighted by Crippen LogP contribution is 2.49. The van der Waals surface area contributed by atoms with Gasteiger partial charge in [-0.2, -0.15) is 0 Å². The summed E-state index contributed by atoms with van der Waals surface area (Å²) in [5, 5.41) is 5.08. The van der Waals surface area contributed by atoms with Crippen molar-refractivity contribution in [2.75, 3.05) is 0 Å². The molecule has 0 saturated carbocycles. The average Bonchev–Trinajstić information content (AvgIpc) is 3.59. The molecule has 1 aliphatic rings. The molecule has 44 heavy (non-hydrogen) atoms. The lowest BCUT2D eigenvalue weighted by Gasteiger charge is -2.21. The van der Waals surface area contributed by atoms with Gasteiger partial charge in [0.25, 0.3) is 0 Å². The van der Waals surface area contributed by atoms with Gasteiger partial charge in [-0.05, 0) is 79.9 Å². The van der Waals surface area contributed by atoms with E-state index in [1.807, 2.05) is 11.8 Å². The third-order valence-electron chi connectivity index (χ3n) is 8.76. The lowest BCUT2D eigenvalue weighted by atomic mass is 9.94. The summed E-state index contributed by atoms with van der Waals surface area (Å²) in [5.41, 5.74) is 9.66. The summed E-state index contributed by atoms with van der Waals surface area (Å²) in [6, 6.07) is 56.5. The number of rotatable bonds is 4. The molecule has 1 aliphatic heterocycles.